The molecule has 1 heterocycles. The summed E-state index contributed by atoms with van der Waals surface area (Å²) in [5, 5.41) is 0. The van der Waals surface area contributed by atoms with Crippen LogP contribution in [0.3, 0.4) is 0 Å². The van der Waals surface area contributed by atoms with E-state index in [-0.39, 0.29) is 5.41 Å². The van der Waals surface area contributed by atoms with Crippen LogP contribution in [0.2, 0.25) is 0 Å². The maximum absolute atomic E-state index is 11.8. The van der Waals surface area contributed by atoms with E-state index in [1.807, 2.05) is 17.8 Å². The van der Waals surface area contributed by atoms with E-state index in [1.165, 1.54) is 0 Å². The van der Waals surface area contributed by atoms with Crippen molar-refractivity contribution < 1.29 is 4.79 Å². The van der Waals surface area contributed by atoms with E-state index in [0.29, 0.717) is 25.2 Å². The Kier molecular flexibility index (Phi) is 5.54. The second kappa shape index (κ2) is 6.69. The van der Waals surface area contributed by atoms with Crippen molar-refractivity contribution in [3.05, 3.63) is 18.2 Å². The van der Waals surface area contributed by atoms with Crippen LogP contribution < -0.4 is 5.73 Å². The summed E-state index contributed by atoms with van der Waals surface area (Å²) in [5.74, 6) is 1.30. The SMILES string of the molecule is Cn1ccnc1CCC(=O)CCC(C)(C)CCN. The predicted molar refractivity (Wildman–Crippen MR) is 73.2 cm³/mol. The predicted octanol–water partition coefficient (Wildman–Crippen LogP) is 2.08. The van der Waals surface area contributed by atoms with Gasteiger partial charge in [-0.15, -0.1) is 0 Å². The van der Waals surface area contributed by atoms with Gasteiger partial charge in [0.05, 0.1) is 0 Å². The molecule has 0 fully saturated rings. The number of carbonyl (C=O) groups is 1. The standard InChI is InChI=1S/C14H25N3O/c1-14(2,8-9-15)7-6-12(18)4-5-13-16-10-11-17(13)3/h10-11H,4-9,15H2,1-3H3. The lowest BCUT2D eigenvalue weighted by Crippen LogP contribution is -2.18. The molecule has 1 aromatic heterocycles. The topological polar surface area (TPSA) is 60.9 Å². The Bertz CT molecular complexity index is 382. The molecule has 102 valence electrons. The van der Waals surface area contributed by atoms with Gasteiger partial charge in [0.2, 0.25) is 0 Å². The number of nitrogens with zero attached hydrogens (tertiary/aromatic N) is 2. The minimum atomic E-state index is 0.174. The van der Waals surface area contributed by atoms with E-state index in [2.05, 4.69) is 18.8 Å². The van der Waals surface area contributed by atoms with Gasteiger partial charge in [-0.3, -0.25) is 4.79 Å². The molecule has 0 aliphatic rings. The summed E-state index contributed by atoms with van der Waals surface area (Å²) < 4.78 is 1.96. The molecular formula is C14H25N3O. The number of carbonyl (C=O) groups excluding carboxylic acids is 1. The smallest absolute Gasteiger partial charge is 0.133 e. The largest absolute Gasteiger partial charge is 0.338 e. The maximum Gasteiger partial charge on any atom is 0.133 e. The lowest BCUT2D eigenvalue weighted by molar-refractivity contribution is -0.119. The average molecular weight is 251 g/mol. The van der Waals surface area contributed by atoms with Crippen molar-refractivity contribution in [3.63, 3.8) is 0 Å². The first-order chi connectivity index (χ1) is 8.44. The third-order valence-corrected chi connectivity index (χ3v) is 3.45. The number of aromatic nitrogens is 2. The second-order valence-corrected chi connectivity index (χ2v) is 5.70. The van der Waals surface area contributed by atoms with Gasteiger partial charge in [0.15, 0.2) is 0 Å². The van der Waals surface area contributed by atoms with E-state index < -0.39 is 0 Å². The van der Waals surface area contributed by atoms with Gasteiger partial charge < -0.3 is 10.3 Å². The molecular weight excluding hydrogens is 226 g/mol. The number of Topliss-reactive ketones (excluding diaryl/α,β-unsaturated/α-hetero) is 1. The molecule has 0 saturated heterocycles. The van der Waals surface area contributed by atoms with E-state index in [4.69, 9.17) is 5.73 Å². The molecule has 4 nitrogen and oxygen atoms in total. The quantitative estimate of drug-likeness (QED) is 0.769. The summed E-state index contributed by atoms with van der Waals surface area (Å²) in [5.41, 5.74) is 5.74. The fourth-order valence-corrected chi connectivity index (χ4v) is 2.01. The third-order valence-electron chi connectivity index (χ3n) is 3.45. The van der Waals surface area contributed by atoms with Crippen LogP contribution in [-0.4, -0.2) is 21.9 Å². The van der Waals surface area contributed by atoms with E-state index >= 15 is 0 Å². The molecule has 0 bridgehead atoms. The molecule has 0 saturated carbocycles. The van der Waals surface area contributed by atoms with Gasteiger partial charge in [-0.1, -0.05) is 13.8 Å². The Morgan fingerprint density at radius 2 is 2.11 bits per heavy atom. The highest BCUT2D eigenvalue weighted by Gasteiger charge is 2.18. The Balaban J connectivity index is 2.28. The zero-order valence-electron chi connectivity index (χ0n) is 11.8. The van der Waals surface area contributed by atoms with Crippen LogP contribution in [0.25, 0.3) is 0 Å². The third kappa shape index (κ3) is 5.00. The molecule has 0 aromatic carbocycles. The van der Waals surface area contributed by atoms with Gasteiger partial charge in [0.1, 0.15) is 11.6 Å². The van der Waals surface area contributed by atoms with Crippen molar-refractivity contribution in [1.82, 2.24) is 9.55 Å². The molecule has 0 aliphatic heterocycles. The first kappa shape index (κ1) is 14.9. The van der Waals surface area contributed by atoms with E-state index in [9.17, 15) is 4.79 Å². The van der Waals surface area contributed by atoms with Crippen molar-refractivity contribution >= 4 is 5.78 Å². The average Bonchev–Trinajstić information content (AvgIpc) is 2.70. The summed E-state index contributed by atoms with van der Waals surface area (Å²) in [6, 6.07) is 0. The van der Waals surface area contributed by atoms with Crippen molar-refractivity contribution in [2.75, 3.05) is 6.54 Å². The number of imidazole rings is 1. The number of ketones is 1. The lowest BCUT2D eigenvalue weighted by atomic mass is 9.83. The Labute approximate surface area is 110 Å². The summed E-state index contributed by atoms with van der Waals surface area (Å²) in [7, 11) is 1.96. The molecule has 18 heavy (non-hydrogen) atoms. The van der Waals surface area contributed by atoms with E-state index in [0.717, 1.165) is 25.1 Å². The minimum Gasteiger partial charge on any atom is -0.338 e. The second-order valence-electron chi connectivity index (χ2n) is 5.70. The highest BCUT2D eigenvalue weighted by atomic mass is 16.1. The van der Waals surface area contributed by atoms with Crippen molar-refractivity contribution in [1.29, 1.82) is 0 Å². The molecule has 0 unspecified atom stereocenters. The van der Waals surface area contributed by atoms with Gasteiger partial charge in [0, 0.05) is 38.7 Å². The van der Waals surface area contributed by atoms with Gasteiger partial charge in [-0.25, -0.2) is 4.98 Å². The Morgan fingerprint density at radius 3 is 2.67 bits per heavy atom. The zero-order chi connectivity index (χ0) is 13.6. The minimum absolute atomic E-state index is 0.174. The first-order valence-electron chi connectivity index (χ1n) is 6.62. The molecule has 0 spiro atoms. The number of rotatable bonds is 8. The van der Waals surface area contributed by atoms with Gasteiger partial charge in [0.25, 0.3) is 0 Å². The molecule has 0 aliphatic carbocycles. The number of hydrogen-bond donors (Lipinski definition) is 1. The van der Waals surface area contributed by atoms with Gasteiger partial charge >= 0.3 is 0 Å². The monoisotopic (exact) mass is 251 g/mol. The summed E-state index contributed by atoms with van der Waals surface area (Å²) in [4.78, 5) is 16.1. The van der Waals surface area contributed by atoms with Crippen molar-refractivity contribution in [2.24, 2.45) is 18.2 Å². The highest BCUT2D eigenvalue weighted by Crippen LogP contribution is 2.26. The highest BCUT2D eigenvalue weighted by molar-refractivity contribution is 5.78. The maximum atomic E-state index is 11.8. The zero-order valence-corrected chi connectivity index (χ0v) is 11.8. The van der Waals surface area contributed by atoms with Crippen molar-refractivity contribution in [2.45, 2.75) is 46.0 Å². The van der Waals surface area contributed by atoms with Crippen LogP contribution in [0.15, 0.2) is 12.4 Å². The van der Waals surface area contributed by atoms with Crippen LogP contribution in [0.5, 0.6) is 0 Å². The normalized spacial score (nSPS) is 11.8. The number of hydrogen-bond acceptors (Lipinski definition) is 3. The number of nitrogens with two attached hydrogens (primary N) is 1. The van der Waals surface area contributed by atoms with Crippen molar-refractivity contribution in [3.8, 4) is 0 Å². The van der Waals surface area contributed by atoms with Crippen LogP contribution in [0.1, 0.15) is 45.4 Å². The van der Waals surface area contributed by atoms with Gasteiger partial charge in [-0.2, -0.15) is 0 Å². The number of aryl methyl sites for hydroxylation is 2. The molecule has 4 heteroatoms. The fourth-order valence-electron chi connectivity index (χ4n) is 2.01. The fraction of sp³-hybridized carbons (Fsp3) is 0.714. The van der Waals surface area contributed by atoms with Gasteiger partial charge in [-0.05, 0) is 24.8 Å². The molecule has 2 N–H and O–H groups in total. The first-order valence-corrected chi connectivity index (χ1v) is 6.62. The van der Waals surface area contributed by atoms with Crippen LogP contribution in [0.4, 0.5) is 0 Å². The molecule has 1 aromatic rings. The molecule has 0 atom stereocenters. The van der Waals surface area contributed by atoms with Crippen LogP contribution in [-0.2, 0) is 18.3 Å². The Hall–Kier alpha value is -1.16. The summed E-state index contributed by atoms with van der Waals surface area (Å²) in [6.07, 6.45) is 7.54. The lowest BCUT2D eigenvalue weighted by Gasteiger charge is -2.23. The summed E-state index contributed by atoms with van der Waals surface area (Å²) in [6.45, 7) is 5.03. The molecule has 0 amide bonds. The Morgan fingerprint density at radius 1 is 1.39 bits per heavy atom. The summed E-state index contributed by atoms with van der Waals surface area (Å²) >= 11 is 0. The van der Waals surface area contributed by atoms with Crippen LogP contribution in [0, 0.1) is 5.41 Å². The van der Waals surface area contributed by atoms with Crippen LogP contribution >= 0.6 is 0 Å². The molecule has 0 radical (unpaired) electrons. The van der Waals surface area contributed by atoms with E-state index in [1.54, 1.807) is 6.20 Å². The molecule has 1 rings (SSSR count).